The molecule has 19 heavy (non-hydrogen) atoms. The monoisotopic (exact) mass is 292 g/mol. The lowest BCUT2D eigenvalue weighted by atomic mass is 9.96. The maximum absolute atomic E-state index is 6.28. The molecule has 0 bridgehead atoms. The quantitative estimate of drug-likeness (QED) is 0.932. The first-order valence-electron chi connectivity index (χ1n) is 6.79. The predicted molar refractivity (Wildman–Crippen MR) is 83.9 cm³/mol. The van der Waals surface area contributed by atoms with Gasteiger partial charge in [0.1, 0.15) is 0 Å². The van der Waals surface area contributed by atoms with E-state index in [-0.39, 0.29) is 6.04 Å². The first-order valence-corrected chi connectivity index (χ1v) is 8.55. The number of nitrogens with zero attached hydrogens (tertiary/aromatic N) is 1. The largest absolute Gasteiger partial charge is 0.326 e. The Hall–Kier alpha value is -0.680. The second-order valence-corrected chi connectivity index (χ2v) is 7.26. The lowest BCUT2D eigenvalue weighted by molar-refractivity contribution is 0.121. The molecule has 2 nitrogen and oxygen atoms in total. The Labute approximate surface area is 122 Å². The molecule has 0 fully saturated rings. The highest BCUT2D eigenvalue weighted by molar-refractivity contribution is 7.10. The van der Waals surface area contributed by atoms with Gasteiger partial charge < -0.3 is 5.73 Å². The van der Waals surface area contributed by atoms with E-state index in [1.54, 1.807) is 4.88 Å². The molecule has 3 rings (SSSR count). The fourth-order valence-electron chi connectivity index (χ4n) is 3.09. The zero-order valence-corrected chi connectivity index (χ0v) is 13.0. The lowest BCUT2D eigenvalue weighted by Crippen LogP contribution is -2.43. The van der Waals surface area contributed by atoms with E-state index in [2.05, 4.69) is 47.7 Å². The zero-order valence-electron chi connectivity index (χ0n) is 11.4. The zero-order chi connectivity index (χ0) is 13.4. The molecule has 3 atom stereocenters. The smallest absolute Gasteiger partial charge is 0.0595 e. The van der Waals surface area contributed by atoms with Gasteiger partial charge in [-0.25, -0.2) is 0 Å². The number of hydrogen-bond acceptors (Lipinski definition) is 4. The topological polar surface area (TPSA) is 29.3 Å². The normalized spacial score (nSPS) is 23.0. The second kappa shape index (κ2) is 5.37. The molecule has 2 aromatic heterocycles. The van der Waals surface area contributed by atoms with Crippen LogP contribution >= 0.6 is 22.7 Å². The SMILES string of the molecule is CC(N)C(c1cccs1)N1CCc2sccc2C1C. The molecular formula is C15H20N2S2. The van der Waals surface area contributed by atoms with Gasteiger partial charge in [-0.05, 0) is 48.7 Å². The van der Waals surface area contributed by atoms with Gasteiger partial charge in [-0.15, -0.1) is 22.7 Å². The summed E-state index contributed by atoms with van der Waals surface area (Å²) in [4.78, 5) is 5.52. The summed E-state index contributed by atoms with van der Waals surface area (Å²) in [5, 5.41) is 4.37. The van der Waals surface area contributed by atoms with Crippen molar-refractivity contribution in [2.75, 3.05) is 6.54 Å². The third kappa shape index (κ3) is 2.38. The maximum atomic E-state index is 6.28. The number of rotatable bonds is 3. The first-order chi connectivity index (χ1) is 9.18. The van der Waals surface area contributed by atoms with Crippen LogP contribution in [0.3, 0.4) is 0 Å². The molecule has 0 aliphatic carbocycles. The van der Waals surface area contributed by atoms with Crippen LogP contribution in [0.25, 0.3) is 0 Å². The van der Waals surface area contributed by atoms with Crippen molar-refractivity contribution in [2.45, 2.75) is 38.4 Å². The molecule has 0 saturated heterocycles. The van der Waals surface area contributed by atoms with Gasteiger partial charge >= 0.3 is 0 Å². The van der Waals surface area contributed by atoms with Crippen molar-refractivity contribution in [1.29, 1.82) is 0 Å². The summed E-state index contributed by atoms with van der Waals surface area (Å²) >= 11 is 3.71. The van der Waals surface area contributed by atoms with E-state index in [0.29, 0.717) is 12.1 Å². The van der Waals surface area contributed by atoms with Crippen LogP contribution in [-0.4, -0.2) is 17.5 Å². The summed E-state index contributed by atoms with van der Waals surface area (Å²) in [5.41, 5.74) is 7.78. The molecule has 2 N–H and O–H groups in total. The summed E-state index contributed by atoms with van der Waals surface area (Å²) in [6.45, 7) is 5.55. The minimum absolute atomic E-state index is 0.154. The standard InChI is InChI=1S/C15H20N2S2/c1-10(16)15(14-4-3-8-18-14)17-7-5-13-12(11(17)2)6-9-19-13/h3-4,6,8-11,15H,5,7,16H2,1-2H3. The van der Waals surface area contributed by atoms with Crippen molar-refractivity contribution in [1.82, 2.24) is 4.90 Å². The van der Waals surface area contributed by atoms with Gasteiger partial charge in [0.2, 0.25) is 0 Å². The van der Waals surface area contributed by atoms with Crippen LogP contribution in [0.5, 0.6) is 0 Å². The second-order valence-electron chi connectivity index (χ2n) is 5.28. The molecule has 0 spiro atoms. The van der Waals surface area contributed by atoms with Crippen molar-refractivity contribution >= 4 is 22.7 Å². The van der Waals surface area contributed by atoms with Gasteiger partial charge in [0.15, 0.2) is 0 Å². The summed E-state index contributed by atoms with van der Waals surface area (Å²) in [5.74, 6) is 0. The van der Waals surface area contributed by atoms with Crippen LogP contribution in [0, 0.1) is 0 Å². The van der Waals surface area contributed by atoms with E-state index in [9.17, 15) is 0 Å². The molecule has 2 aromatic rings. The van der Waals surface area contributed by atoms with Crippen molar-refractivity contribution in [2.24, 2.45) is 5.73 Å². The number of nitrogens with two attached hydrogens (primary N) is 1. The Kier molecular flexibility index (Phi) is 3.76. The number of fused-ring (bicyclic) bond motifs is 1. The van der Waals surface area contributed by atoms with E-state index in [1.807, 2.05) is 22.7 Å². The minimum atomic E-state index is 0.154. The average Bonchev–Trinajstić information content (AvgIpc) is 3.03. The molecule has 1 aliphatic rings. The third-order valence-electron chi connectivity index (χ3n) is 4.01. The Morgan fingerprint density at radius 2 is 2.16 bits per heavy atom. The Morgan fingerprint density at radius 1 is 1.32 bits per heavy atom. The molecule has 0 amide bonds. The molecule has 102 valence electrons. The maximum Gasteiger partial charge on any atom is 0.0595 e. The Balaban J connectivity index is 1.93. The first kappa shape index (κ1) is 13.3. The Morgan fingerprint density at radius 3 is 2.84 bits per heavy atom. The van der Waals surface area contributed by atoms with E-state index in [1.165, 1.54) is 10.4 Å². The molecule has 0 saturated carbocycles. The van der Waals surface area contributed by atoms with Crippen molar-refractivity contribution in [3.05, 3.63) is 44.3 Å². The van der Waals surface area contributed by atoms with Gasteiger partial charge in [-0.2, -0.15) is 0 Å². The molecule has 3 heterocycles. The van der Waals surface area contributed by atoms with Crippen LogP contribution < -0.4 is 5.73 Å². The van der Waals surface area contributed by atoms with Crippen LogP contribution in [0.4, 0.5) is 0 Å². The van der Waals surface area contributed by atoms with Crippen LogP contribution in [0.2, 0.25) is 0 Å². The highest BCUT2D eigenvalue weighted by atomic mass is 32.1. The third-order valence-corrected chi connectivity index (χ3v) is 5.95. The van der Waals surface area contributed by atoms with E-state index in [4.69, 9.17) is 5.73 Å². The van der Waals surface area contributed by atoms with E-state index < -0.39 is 0 Å². The Bertz CT molecular complexity index is 530. The fourth-order valence-corrected chi connectivity index (χ4v) is 5.02. The molecule has 4 heteroatoms. The van der Waals surface area contributed by atoms with Crippen LogP contribution in [0.1, 0.15) is 41.2 Å². The molecule has 3 unspecified atom stereocenters. The van der Waals surface area contributed by atoms with E-state index in [0.717, 1.165) is 13.0 Å². The minimum Gasteiger partial charge on any atom is -0.326 e. The van der Waals surface area contributed by atoms with Crippen molar-refractivity contribution in [3.8, 4) is 0 Å². The van der Waals surface area contributed by atoms with Gasteiger partial charge in [-0.3, -0.25) is 4.90 Å². The fraction of sp³-hybridized carbons (Fsp3) is 0.467. The van der Waals surface area contributed by atoms with E-state index >= 15 is 0 Å². The molecule has 0 radical (unpaired) electrons. The summed E-state index contributed by atoms with van der Waals surface area (Å²) in [7, 11) is 0. The molecule has 0 aromatic carbocycles. The van der Waals surface area contributed by atoms with Gasteiger partial charge in [0, 0.05) is 28.4 Å². The van der Waals surface area contributed by atoms with Crippen molar-refractivity contribution in [3.63, 3.8) is 0 Å². The summed E-state index contributed by atoms with van der Waals surface area (Å²) in [6.07, 6.45) is 1.16. The predicted octanol–water partition coefficient (Wildman–Crippen LogP) is 3.82. The average molecular weight is 292 g/mol. The summed E-state index contributed by atoms with van der Waals surface area (Å²) < 4.78 is 0. The lowest BCUT2D eigenvalue weighted by Gasteiger charge is -2.41. The number of hydrogen-bond donors (Lipinski definition) is 1. The van der Waals surface area contributed by atoms with Crippen molar-refractivity contribution < 1.29 is 0 Å². The molecular weight excluding hydrogens is 272 g/mol. The van der Waals surface area contributed by atoms with Gasteiger partial charge in [0.25, 0.3) is 0 Å². The highest BCUT2D eigenvalue weighted by Crippen LogP contribution is 2.39. The summed E-state index contributed by atoms with van der Waals surface area (Å²) in [6, 6.07) is 7.58. The van der Waals surface area contributed by atoms with Gasteiger partial charge in [-0.1, -0.05) is 6.07 Å². The number of thiophene rings is 2. The van der Waals surface area contributed by atoms with Crippen LogP contribution in [0.15, 0.2) is 29.0 Å². The highest BCUT2D eigenvalue weighted by Gasteiger charge is 2.33. The van der Waals surface area contributed by atoms with Crippen LogP contribution in [-0.2, 0) is 6.42 Å². The van der Waals surface area contributed by atoms with Gasteiger partial charge in [0.05, 0.1) is 6.04 Å². The molecule has 1 aliphatic heterocycles.